The Balaban J connectivity index is 0.00000368. The van der Waals surface area contributed by atoms with Crippen LogP contribution in [0.1, 0.15) is 87.6 Å². The van der Waals surface area contributed by atoms with E-state index in [2.05, 4.69) is 20.4 Å². The number of aromatic nitrogens is 3. The molecule has 0 aromatic carbocycles. The van der Waals surface area contributed by atoms with Crippen molar-refractivity contribution in [2.75, 3.05) is 6.61 Å². The summed E-state index contributed by atoms with van der Waals surface area (Å²) in [7, 11) is 0. The van der Waals surface area contributed by atoms with Crippen LogP contribution in [0.4, 0.5) is 0 Å². The molecule has 0 unspecified atom stereocenters. The monoisotopic (exact) mass is 586 g/mol. The van der Waals surface area contributed by atoms with E-state index in [9.17, 15) is 19.8 Å². The predicted molar refractivity (Wildman–Crippen MR) is 168 cm³/mol. The van der Waals surface area contributed by atoms with Crippen LogP contribution >= 0.6 is 0 Å². The summed E-state index contributed by atoms with van der Waals surface area (Å²) in [6, 6.07) is 0. The van der Waals surface area contributed by atoms with Crippen LogP contribution in [-0.2, 0) is 11.2 Å². The number of carboxylic acids is 1. The zero-order valence-corrected chi connectivity index (χ0v) is 26.7. The van der Waals surface area contributed by atoms with Gasteiger partial charge in [0.15, 0.2) is 5.78 Å². The Bertz CT molecular complexity index is 1870. The van der Waals surface area contributed by atoms with E-state index in [0.29, 0.717) is 34.6 Å². The number of carboxylic acid groups (broad SMARTS) is 1. The van der Waals surface area contributed by atoms with Crippen molar-refractivity contribution >= 4 is 64.7 Å². The van der Waals surface area contributed by atoms with Gasteiger partial charge in [0.25, 0.3) is 0 Å². The van der Waals surface area contributed by atoms with Crippen molar-refractivity contribution in [1.82, 2.24) is 15.0 Å². The van der Waals surface area contributed by atoms with Gasteiger partial charge < -0.3 is 30.5 Å². The van der Waals surface area contributed by atoms with Gasteiger partial charge in [-0.15, -0.1) is 33.5 Å². The van der Waals surface area contributed by atoms with E-state index < -0.39 is 11.9 Å². The summed E-state index contributed by atoms with van der Waals surface area (Å²) >= 11 is 0. The van der Waals surface area contributed by atoms with Gasteiger partial charge in [0, 0.05) is 12.0 Å². The van der Waals surface area contributed by atoms with Crippen LogP contribution in [-0.4, -0.2) is 51.6 Å². The van der Waals surface area contributed by atoms with Gasteiger partial charge >= 0.3 is 29.0 Å². The average Bonchev–Trinajstić information content (AvgIpc) is 3.68. The Morgan fingerprint density at radius 1 is 1.00 bits per heavy atom. The first-order valence-corrected chi connectivity index (χ1v) is 14.5. The fourth-order valence-corrected chi connectivity index (χ4v) is 6.85. The largest absolute Gasteiger partial charge is 2.00 e. The topological polar surface area (TPSA) is 131 Å². The third-order valence-corrected chi connectivity index (χ3v) is 9.27. The summed E-state index contributed by atoms with van der Waals surface area (Å²) in [6.07, 6.45) is 8.80. The molecule has 1 aliphatic carbocycles. The first-order chi connectivity index (χ1) is 20.1. The summed E-state index contributed by atoms with van der Waals surface area (Å²) in [5.74, 6) is -2.26. The van der Waals surface area contributed by atoms with Crippen LogP contribution in [0, 0.1) is 38.5 Å². The number of fused-ring (bicyclic) bond motifs is 7. The van der Waals surface area contributed by atoms with Crippen molar-refractivity contribution in [2.24, 2.45) is 17.8 Å². The number of aliphatic hydroxyl groups is 1. The average molecular weight is 587 g/mol. The molecule has 43 heavy (non-hydrogen) atoms. The SMILES string of the molecule is C=Cc1c2[n-]c(c1C)/C=C1\[N-]/C(=C3\c4[n-]c(c(C)c4C(=O)[C@@H]3CO)/C=c3\[n-]/c(c(C)c3CC)=C\2)[C@@H](CCC(=O)O)[C@@H]1C.[Mg+2]. The molecule has 6 rings (SSSR count). The van der Waals surface area contributed by atoms with Gasteiger partial charge in [0.1, 0.15) is 0 Å². The number of aliphatic hydroxyl groups excluding tert-OH is 1. The summed E-state index contributed by atoms with van der Waals surface area (Å²) in [4.78, 5) is 40.3. The van der Waals surface area contributed by atoms with Crippen molar-refractivity contribution in [3.8, 4) is 0 Å². The van der Waals surface area contributed by atoms with E-state index in [4.69, 9.17) is 20.3 Å². The van der Waals surface area contributed by atoms with Gasteiger partial charge in [-0.3, -0.25) is 9.59 Å². The van der Waals surface area contributed by atoms with Crippen LogP contribution in [0.15, 0.2) is 18.0 Å². The number of aliphatic carboxylic acids is 1. The van der Waals surface area contributed by atoms with Gasteiger partial charge in [-0.1, -0.05) is 72.6 Å². The molecule has 8 nitrogen and oxygen atoms in total. The molecule has 0 radical (unpaired) electrons. The molecule has 8 bridgehead atoms. The molecule has 3 aromatic rings. The van der Waals surface area contributed by atoms with Gasteiger partial charge in [-0.25, -0.2) is 0 Å². The molecule has 5 heterocycles. The zero-order chi connectivity index (χ0) is 30.0. The first kappa shape index (κ1) is 30.9. The summed E-state index contributed by atoms with van der Waals surface area (Å²) < 4.78 is 0. The molecule has 218 valence electrons. The molecular formula is C34H34MgN4O4-2. The van der Waals surface area contributed by atoms with E-state index >= 15 is 0 Å². The first-order valence-electron chi connectivity index (χ1n) is 14.5. The van der Waals surface area contributed by atoms with Gasteiger partial charge in [0.2, 0.25) is 0 Å². The Morgan fingerprint density at radius 3 is 2.35 bits per heavy atom. The molecule has 3 aromatic heterocycles. The second kappa shape index (κ2) is 11.5. The fourth-order valence-electron chi connectivity index (χ4n) is 6.85. The molecule has 3 atom stereocenters. The van der Waals surface area contributed by atoms with Crippen LogP contribution < -0.4 is 25.7 Å². The molecule has 2 aliphatic heterocycles. The summed E-state index contributed by atoms with van der Waals surface area (Å²) in [5.41, 5.74) is 10.1. The normalized spacial score (nSPS) is 24.7. The quantitative estimate of drug-likeness (QED) is 0.424. The molecule has 3 aliphatic rings. The third kappa shape index (κ3) is 4.78. The van der Waals surface area contributed by atoms with Crippen molar-refractivity contribution in [3.63, 3.8) is 0 Å². The minimum Gasteiger partial charge on any atom is -0.664 e. The Kier molecular flexibility index (Phi) is 8.28. The summed E-state index contributed by atoms with van der Waals surface area (Å²) in [5, 5.41) is 26.7. The maximum atomic E-state index is 13.7. The number of allylic oxidation sites excluding steroid dienone is 2. The van der Waals surface area contributed by atoms with Gasteiger partial charge in [-0.05, 0) is 51.0 Å². The van der Waals surface area contributed by atoms with Crippen LogP contribution in [0.5, 0.6) is 0 Å². The fraction of sp³-hybridized carbons (Fsp3) is 0.353. The molecule has 9 heteroatoms. The molecule has 1 saturated heterocycles. The second-order valence-corrected chi connectivity index (χ2v) is 11.5. The molecule has 0 amide bonds. The Hall–Kier alpha value is -3.53. The number of nitrogens with zero attached hydrogens (tertiary/aromatic N) is 4. The standard InChI is InChI=1S/C34H36N4O4.Mg/c1-7-19-15(3)23-11-25-17(5)21(9-10-29(40)41)32(37-25)31-22(14-39)34(42)30-18(6)26(38-33(30)31)13-28-20(8-2)16(4)24(36-28)12-27(19)35-23;/h7,11-13,17,21-22,39H,1,8-10,14H2,2-6H3,(H3,37,38,40,41,42);/q-2;+2/p-2/b24-12-,25-11-,28-13-;/t17-,21-,22+;/m0./s1. The van der Waals surface area contributed by atoms with E-state index in [-0.39, 0.29) is 53.7 Å². The van der Waals surface area contributed by atoms with E-state index in [1.165, 1.54) is 0 Å². The maximum absolute atomic E-state index is 13.7. The van der Waals surface area contributed by atoms with Gasteiger partial charge in [-0.2, -0.15) is 11.4 Å². The number of hydrogen-bond acceptors (Lipinski definition) is 3. The number of carbonyl (C=O) groups excluding carboxylic acids is 1. The van der Waals surface area contributed by atoms with Crippen molar-refractivity contribution in [1.29, 1.82) is 0 Å². The van der Waals surface area contributed by atoms with Crippen molar-refractivity contribution < 1.29 is 19.8 Å². The van der Waals surface area contributed by atoms with E-state index in [1.54, 1.807) is 0 Å². The Labute approximate surface area is 266 Å². The molecular weight excluding hydrogens is 553 g/mol. The van der Waals surface area contributed by atoms with Crippen LogP contribution in [0.3, 0.4) is 0 Å². The van der Waals surface area contributed by atoms with E-state index in [0.717, 1.165) is 62.0 Å². The van der Waals surface area contributed by atoms with Crippen molar-refractivity contribution in [2.45, 2.75) is 53.9 Å². The van der Waals surface area contributed by atoms with E-state index in [1.807, 2.05) is 45.1 Å². The number of Topliss-reactive ketones (excluding diaryl/α,β-unsaturated/α-hetero) is 1. The maximum Gasteiger partial charge on any atom is 2.00 e. The van der Waals surface area contributed by atoms with Gasteiger partial charge in [0.05, 0.1) is 12.5 Å². The zero-order valence-electron chi connectivity index (χ0n) is 25.3. The Morgan fingerprint density at radius 2 is 1.70 bits per heavy atom. The molecule has 0 saturated carbocycles. The third-order valence-electron chi connectivity index (χ3n) is 9.27. The second-order valence-electron chi connectivity index (χ2n) is 11.5. The minimum atomic E-state index is -0.892. The molecule has 2 N–H and O–H groups in total. The number of carbonyl (C=O) groups is 2. The number of hydrogen-bond donors (Lipinski definition) is 2. The molecule has 0 spiro atoms. The number of ketones is 1. The summed E-state index contributed by atoms with van der Waals surface area (Å²) in [6.45, 7) is 13.7. The van der Waals surface area contributed by atoms with Crippen LogP contribution in [0.2, 0.25) is 0 Å². The smallest absolute Gasteiger partial charge is 0.664 e. The van der Waals surface area contributed by atoms with Crippen LogP contribution in [0.25, 0.3) is 35.2 Å². The minimum absolute atomic E-state index is 0. The predicted octanol–water partition coefficient (Wildman–Crippen LogP) is 3.34. The number of rotatable bonds is 6. The molecule has 1 fully saturated rings. The van der Waals surface area contributed by atoms with Crippen molar-refractivity contribution in [3.05, 3.63) is 90.1 Å².